The van der Waals surface area contributed by atoms with Crippen LogP contribution in [0.15, 0.2) is 0 Å². The van der Waals surface area contributed by atoms with Gasteiger partial charge in [0.15, 0.2) is 14.6 Å². The molecule has 3 unspecified atom stereocenters. The lowest BCUT2D eigenvalue weighted by atomic mass is 10.0. The van der Waals surface area contributed by atoms with Gasteiger partial charge in [0.05, 0.1) is 6.10 Å². The topological polar surface area (TPSA) is 83.8 Å². The number of carbonyl (C=O) groups excluding carboxylic acids is 1. The molecule has 0 aromatic carbocycles. The minimum absolute atomic E-state index is 0.000748. The molecule has 0 saturated carbocycles. The van der Waals surface area contributed by atoms with Gasteiger partial charge in [-0.2, -0.15) is 0 Å². The number of esters is 1. The molecule has 1 heterocycles. The Balaban J connectivity index is 2.46. The van der Waals surface area contributed by atoms with E-state index in [2.05, 4.69) is 0 Å². The summed E-state index contributed by atoms with van der Waals surface area (Å²) in [5.74, 6) is -0.710. The van der Waals surface area contributed by atoms with Crippen LogP contribution in [0.25, 0.3) is 0 Å². The van der Waals surface area contributed by atoms with Crippen LogP contribution in [0.3, 0.4) is 0 Å². The summed E-state index contributed by atoms with van der Waals surface area (Å²) in [7, 11) is -0.0363. The fourth-order valence-electron chi connectivity index (χ4n) is 1.21. The van der Waals surface area contributed by atoms with Crippen LogP contribution in [-0.2, 0) is 14.1 Å². The lowest BCUT2D eigenvalue weighted by Crippen LogP contribution is -2.44. The molecule has 1 rings (SSSR count). The molecule has 0 aliphatic carbocycles. The van der Waals surface area contributed by atoms with Crippen LogP contribution < -0.4 is 0 Å². The van der Waals surface area contributed by atoms with Gasteiger partial charge in [0.25, 0.3) is 0 Å². The molecule has 1 aliphatic rings. The minimum Gasteiger partial charge on any atom is -0.458 e. The highest BCUT2D eigenvalue weighted by Gasteiger charge is 2.35. The summed E-state index contributed by atoms with van der Waals surface area (Å²) in [6.45, 7) is 0. The van der Waals surface area contributed by atoms with E-state index in [1.807, 2.05) is 0 Å². The van der Waals surface area contributed by atoms with Crippen molar-refractivity contribution in [3.63, 3.8) is 0 Å². The number of rotatable bonds is 3. The van der Waals surface area contributed by atoms with Crippen LogP contribution in [0, 0.1) is 0 Å². The molecular weight excluding hydrogens is 195 g/mol. The van der Waals surface area contributed by atoms with Gasteiger partial charge in [0.1, 0.15) is 6.10 Å². The Labute approximate surface area is 76.9 Å². The third kappa shape index (κ3) is 2.72. The normalized spacial score (nSPS) is 34.6. The molecule has 13 heavy (non-hydrogen) atoms. The third-order valence-electron chi connectivity index (χ3n) is 1.94. The van der Waals surface area contributed by atoms with Crippen LogP contribution in [0.2, 0.25) is 0 Å². The molecule has 1 aliphatic heterocycles. The molecule has 1 saturated heterocycles. The predicted octanol–water partition coefficient (Wildman–Crippen LogP) is -0.294. The predicted molar refractivity (Wildman–Crippen MR) is 43.6 cm³/mol. The Morgan fingerprint density at radius 1 is 1.54 bits per heavy atom. The lowest BCUT2D eigenvalue weighted by Gasteiger charge is -2.29. The first-order valence-electron chi connectivity index (χ1n) is 4.01. The van der Waals surface area contributed by atoms with E-state index in [9.17, 15) is 14.5 Å². The van der Waals surface area contributed by atoms with E-state index in [-0.39, 0.29) is 14.9 Å². The molecule has 0 aromatic rings. The van der Waals surface area contributed by atoms with Gasteiger partial charge in [-0.05, 0) is 6.42 Å². The molecule has 2 N–H and O–H groups in total. The van der Waals surface area contributed by atoms with Crippen LogP contribution in [0.5, 0.6) is 0 Å². The zero-order valence-electron chi connectivity index (χ0n) is 6.92. The van der Waals surface area contributed by atoms with Crippen molar-refractivity contribution in [1.82, 2.24) is 0 Å². The van der Waals surface area contributed by atoms with Gasteiger partial charge >= 0.3 is 5.97 Å². The van der Waals surface area contributed by atoms with E-state index in [1.165, 1.54) is 0 Å². The van der Waals surface area contributed by atoms with Crippen molar-refractivity contribution in [3.05, 3.63) is 0 Å². The first-order chi connectivity index (χ1) is 6.15. The molecule has 0 radical (unpaired) electrons. The highest BCUT2D eigenvalue weighted by Crippen LogP contribution is 2.19. The Morgan fingerprint density at radius 3 is 2.85 bits per heavy atom. The Morgan fingerprint density at radius 2 is 2.23 bits per heavy atom. The summed E-state index contributed by atoms with van der Waals surface area (Å²) in [6, 6.07) is 0. The molecular formula is C7H11O5P. The summed E-state index contributed by atoms with van der Waals surface area (Å²) in [5, 5.41) is 18.3. The van der Waals surface area contributed by atoms with E-state index >= 15 is 0 Å². The summed E-state index contributed by atoms with van der Waals surface area (Å²) in [5.41, 5.74) is 0. The number of aliphatic hydroxyl groups is 2. The van der Waals surface area contributed by atoms with Gasteiger partial charge in [0, 0.05) is 12.6 Å². The molecule has 5 nitrogen and oxygen atoms in total. The molecule has 0 spiro atoms. The highest BCUT2D eigenvalue weighted by atomic mass is 31.1. The largest absolute Gasteiger partial charge is 0.458 e. The number of ether oxygens (including phenoxy) is 1. The molecule has 0 aromatic heterocycles. The van der Waals surface area contributed by atoms with Crippen LogP contribution in [-0.4, -0.2) is 40.7 Å². The number of carbonyl (C=O) groups is 1. The van der Waals surface area contributed by atoms with Crippen LogP contribution >= 0.6 is 8.46 Å². The van der Waals surface area contributed by atoms with Crippen molar-refractivity contribution >= 4 is 14.4 Å². The first-order valence-corrected chi connectivity index (χ1v) is 5.00. The summed E-state index contributed by atoms with van der Waals surface area (Å²) in [6.07, 6.45) is -2.02. The van der Waals surface area contributed by atoms with Crippen molar-refractivity contribution in [2.24, 2.45) is 0 Å². The standard InChI is InChI=1S/C7H11O5P/c8-4-3-5(9)7(10)12-6(4)1-2-13-11/h4-6,8-9H,1-3H2. The molecule has 0 bridgehead atoms. The fraction of sp³-hybridized carbons (Fsp3) is 0.857. The lowest BCUT2D eigenvalue weighted by molar-refractivity contribution is -0.179. The van der Waals surface area contributed by atoms with E-state index in [4.69, 9.17) is 9.84 Å². The average molecular weight is 206 g/mol. The molecule has 6 heteroatoms. The second-order valence-corrected chi connectivity index (χ2v) is 3.64. The number of aliphatic hydroxyl groups excluding tert-OH is 2. The third-order valence-corrected chi connectivity index (χ3v) is 2.38. The smallest absolute Gasteiger partial charge is 0.335 e. The number of hydrogen-bond acceptors (Lipinski definition) is 5. The Bertz CT molecular complexity index is 207. The van der Waals surface area contributed by atoms with Crippen LogP contribution in [0.1, 0.15) is 12.8 Å². The summed E-state index contributed by atoms with van der Waals surface area (Å²) < 4.78 is 14.9. The summed E-state index contributed by atoms with van der Waals surface area (Å²) >= 11 is 0. The van der Waals surface area contributed by atoms with Gasteiger partial charge in [0.2, 0.25) is 0 Å². The van der Waals surface area contributed by atoms with Crippen molar-refractivity contribution in [3.8, 4) is 0 Å². The fourth-order valence-corrected chi connectivity index (χ4v) is 1.57. The first kappa shape index (κ1) is 10.6. The maximum Gasteiger partial charge on any atom is 0.335 e. The number of cyclic esters (lactones) is 1. The maximum absolute atomic E-state index is 10.8. The van der Waals surface area contributed by atoms with E-state index < -0.39 is 24.3 Å². The monoisotopic (exact) mass is 206 g/mol. The van der Waals surface area contributed by atoms with Gasteiger partial charge in [-0.15, -0.1) is 0 Å². The van der Waals surface area contributed by atoms with Crippen LogP contribution in [0.4, 0.5) is 0 Å². The van der Waals surface area contributed by atoms with Gasteiger partial charge < -0.3 is 14.9 Å². The Kier molecular flexibility index (Phi) is 3.78. The number of hydrogen-bond donors (Lipinski definition) is 2. The SMILES string of the molecule is O=PCCC1OC(=O)C(O)CC1O. The van der Waals surface area contributed by atoms with E-state index in [0.717, 1.165) is 0 Å². The van der Waals surface area contributed by atoms with Crippen molar-refractivity contribution in [2.75, 3.05) is 6.16 Å². The zero-order chi connectivity index (χ0) is 9.84. The molecule has 0 amide bonds. The van der Waals surface area contributed by atoms with Gasteiger partial charge in [-0.3, -0.25) is 4.57 Å². The Hall–Kier alpha value is -0.510. The minimum atomic E-state index is -1.23. The summed E-state index contributed by atoms with van der Waals surface area (Å²) in [4.78, 5) is 10.8. The maximum atomic E-state index is 10.8. The van der Waals surface area contributed by atoms with Crippen molar-refractivity contribution in [2.45, 2.75) is 31.2 Å². The van der Waals surface area contributed by atoms with Crippen molar-refractivity contribution < 1.29 is 24.3 Å². The average Bonchev–Trinajstić information content (AvgIpc) is 2.09. The van der Waals surface area contributed by atoms with E-state index in [0.29, 0.717) is 12.6 Å². The van der Waals surface area contributed by atoms with E-state index in [1.54, 1.807) is 0 Å². The second-order valence-electron chi connectivity index (χ2n) is 2.94. The van der Waals surface area contributed by atoms with Gasteiger partial charge in [-0.25, -0.2) is 4.79 Å². The highest BCUT2D eigenvalue weighted by molar-refractivity contribution is 7.23. The second kappa shape index (κ2) is 4.65. The molecule has 74 valence electrons. The molecule has 1 fully saturated rings. The van der Waals surface area contributed by atoms with Gasteiger partial charge in [-0.1, -0.05) is 0 Å². The zero-order valence-corrected chi connectivity index (χ0v) is 7.81. The van der Waals surface area contributed by atoms with Crippen molar-refractivity contribution in [1.29, 1.82) is 0 Å². The quantitative estimate of drug-likeness (QED) is 0.489. The molecule has 3 atom stereocenters.